The number of hydrogen-bond acceptors (Lipinski definition) is 3. The van der Waals surface area contributed by atoms with E-state index >= 15 is 0 Å². The summed E-state index contributed by atoms with van der Waals surface area (Å²) in [6.45, 7) is 0. The summed E-state index contributed by atoms with van der Waals surface area (Å²) in [6, 6.07) is 17.6. The van der Waals surface area contributed by atoms with Crippen molar-refractivity contribution in [2.45, 2.75) is 0 Å². The predicted octanol–water partition coefficient (Wildman–Crippen LogP) is 3.83. The number of aryl methyl sites for hydroxylation is 1. The van der Waals surface area contributed by atoms with Crippen molar-refractivity contribution in [3.8, 4) is 11.5 Å². The zero-order valence-corrected chi connectivity index (χ0v) is 12.9. The van der Waals surface area contributed by atoms with Gasteiger partial charge in [-0.1, -0.05) is 36.4 Å². The van der Waals surface area contributed by atoms with E-state index in [0.717, 1.165) is 27.4 Å². The number of hydrogen-bond donors (Lipinski definition) is 1. The molecule has 0 saturated heterocycles. The standard InChI is InChI=1S/C19H13N3O2/c1-22-13-8-4-3-7-12(13)16-18(22)17(20-21-19(16)23)15-10-11-6-2-5-9-14(11)24-15/h2-10H,1H3,(H,21,23). The van der Waals surface area contributed by atoms with Crippen LogP contribution in [0.4, 0.5) is 0 Å². The largest absolute Gasteiger partial charge is 0.454 e. The van der Waals surface area contributed by atoms with Crippen molar-refractivity contribution in [2.24, 2.45) is 7.05 Å². The number of para-hydroxylation sites is 2. The Kier molecular flexibility index (Phi) is 2.51. The quantitative estimate of drug-likeness (QED) is 0.511. The van der Waals surface area contributed by atoms with Gasteiger partial charge >= 0.3 is 0 Å². The molecular weight excluding hydrogens is 302 g/mol. The Morgan fingerprint density at radius 1 is 1.08 bits per heavy atom. The van der Waals surface area contributed by atoms with Crippen LogP contribution in [0.1, 0.15) is 0 Å². The van der Waals surface area contributed by atoms with E-state index in [1.807, 2.05) is 66.2 Å². The summed E-state index contributed by atoms with van der Waals surface area (Å²) in [5, 5.41) is 9.45. The first-order chi connectivity index (χ1) is 11.7. The van der Waals surface area contributed by atoms with Crippen molar-refractivity contribution >= 4 is 32.8 Å². The molecule has 0 unspecified atom stereocenters. The summed E-state index contributed by atoms with van der Waals surface area (Å²) < 4.78 is 7.95. The molecule has 0 saturated carbocycles. The first-order valence-electron chi connectivity index (χ1n) is 7.69. The van der Waals surface area contributed by atoms with E-state index in [4.69, 9.17) is 4.42 Å². The summed E-state index contributed by atoms with van der Waals surface area (Å²) >= 11 is 0. The summed E-state index contributed by atoms with van der Waals surface area (Å²) in [7, 11) is 1.94. The lowest BCUT2D eigenvalue weighted by Gasteiger charge is -2.02. The van der Waals surface area contributed by atoms with Gasteiger partial charge in [-0.05, 0) is 18.2 Å². The second-order valence-corrected chi connectivity index (χ2v) is 5.85. The average Bonchev–Trinajstić information content (AvgIpc) is 3.16. The van der Waals surface area contributed by atoms with Crippen LogP contribution in [-0.4, -0.2) is 14.8 Å². The number of nitrogens with one attached hydrogen (secondary N) is 1. The number of rotatable bonds is 1. The van der Waals surface area contributed by atoms with E-state index < -0.39 is 0 Å². The van der Waals surface area contributed by atoms with Crippen molar-refractivity contribution in [1.29, 1.82) is 0 Å². The van der Waals surface area contributed by atoms with Crippen LogP contribution in [0.3, 0.4) is 0 Å². The molecule has 0 aliphatic heterocycles. The van der Waals surface area contributed by atoms with Gasteiger partial charge in [-0.3, -0.25) is 4.79 Å². The lowest BCUT2D eigenvalue weighted by molar-refractivity contribution is 0.627. The van der Waals surface area contributed by atoms with Crippen LogP contribution in [0.25, 0.3) is 44.2 Å². The highest BCUT2D eigenvalue weighted by Crippen LogP contribution is 2.33. The van der Waals surface area contributed by atoms with E-state index in [0.29, 0.717) is 16.8 Å². The SMILES string of the molecule is Cn1c2ccccc2c2c(=O)[nH]nc(-c3cc4ccccc4o3)c21. The van der Waals surface area contributed by atoms with Gasteiger partial charge < -0.3 is 8.98 Å². The molecule has 0 atom stereocenters. The molecule has 0 amide bonds. The Hall–Kier alpha value is -3.34. The molecule has 0 bridgehead atoms. The van der Waals surface area contributed by atoms with E-state index in [1.54, 1.807) is 0 Å². The summed E-state index contributed by atoms with van der Waals surface area (Å²) in [5.41, 5.74) is 3.01. The van der Waals surface area contributed by atoms with Gasteiger partial charge in [0, 0.05) is 23.3 Å². The highest BCUT2D eigenvalue weighted by Gasteiger charge is 2.19. The lowest BCUT2D eigenvalue weighted by Crippen LogP contribution is -2.09. The van der Waals surface area contributed by atoms with E-state index in [1.165, 1.54) is 0 Å². The molecule has 5 aromatic rings. The Labute approximate surface area is 136 Å². The Bertz CT molecular complexity index is 1260. The van der Waals surface area contributed by atoms with Crippen molar-refractivity contribution in [3.05, 3.63) is 65.0 Å². The highest BCUT2D eigenvalue weighted by atomic mass is 16.3. The van der Waals surface area contributed by atoms with Crippen molar-refractivity contribution in [3.63, 3.8) is 0 Å². The fourth-order valence-corrected chi connectivity index (χ4v) is 3.39. The number of H-pyrrole nitrogens is 1. The molecule has 24 heavy (non-hydrogen) atoms. The Morgan fingerprint density at radius 2 is 1.88 bits per heavy atom. The minimum Gasteiger partial charge on any atom is -0.454 e. The normalized spacial score (nSPS) is 11.7. The molecular formula is C19H13N3O2. The molecule has 3 heterocycles. The van der Waals surface area contributed by atoms with Gasteiger partial charge in [-0.15, -0.1) is 0 Å². The molecule has 5 nitrogen and oxygen atoms in total. The van der Waals surface area contributed by atoms with Gasteiger partial charge in [0.25, 0.3) is 5.56 Å². The summed E-state index contributed by atoms with van der Waals surface area (Å²) in [6.07, 6.45) is 0. The van der Waals surface area contributed by atoms with E-state index in [2.05, 4.69) is 10.2 Å². The number of furan rings is 1. The third kappa shape index (κ3) is 1.64. The van der Waals surface area contributed by atoms with Crippen molar-refractivity contribution in [1.82, 2.24) is 14.8 Å². The Balaban J connectivity index is 1.96. The van der Waals surface area contributed by atoms with Gasteiger partial charge in [0.2, 0.25) is 0 Å². The monoisotopic (exact) mass is 315 g/mol. The van der Waals surface area contributed by atoms with Crippen LogP contribution < -0.4 is 5.56 Å². The van der Waals surface area contributed by atoms with Crippen molar-refractivity contribution < 1.29 is 4.42 Å². The van der Waals surface area contributed by atoms with Gasteiger partial charge in [0.15, 0.2) is 11.5 Å². The molecule has 0 fully saturated rings. The molecule has 1 N–H and O–H groups in total. The summed E-state index contributed by atoms with van der Waals surface area (Å²) in [5.74, 6) is 0.642. The third-order valence-electron chi connectivity index (χ3n) is 4.49. The fraction of sp³-hybridized carbons (Fsp3) is 0.0526. The lowest BCUT2D eigenvalue weighted by atomic mass is 10.1. The van der Waals surface area contributed by atoms with Crippen LogP contribution >= 0.6 is 0 Å². The molecule has 0 radical (unpaired) electrons. The number of aromatic amines is 1. The zero-order valence-electron chi connectivity index (χ0n) is 12.9. The number of nitrogens with zero attached hydrogens (tertiary/aromatic N) is 2. The minimum absolute atomic E-state index is 0.193. The number of aromatic nitrogens is 3. The molecule has 0 spiro atoms. The van der Waals surface area contributed by atoms with Crippen LogP contribution in [-0.2, 0) is 7.05 Å². The Morgan fingerprint density at radius 3 is 2.75 bits per heavy atom. The first kappa shape index (κ1) is 13.1. The molecule has 5 rings (SSSR count). The maximum absolute atomic E-state index is 12.4. The number of fused-ring (bicyclic) bond motifs is 4. The van der Waals surface area contributed by atoms with E-state index in [-0.39, 0.29) is 5.56 Å². The second kappa shape index (κ2) is 4.58. The predicted molar refractivity (Wildman–Crippen MR) is 94.0 cm³/mol. The molecule has 3 aromatic heterocycles. The maximum atomic E-state index is 12.4. The van der Waals surface area contributed by atoms with E-state index in [9.17, 15) is 4.79 Å². The van der Waals surface area contributed by atoms with Crippen LogP contribution in [0, 0.1) is 0 Å². The molecule has 0 aliphatic rings. The first-order valence-corrected chi connectivity index (χ1v) is 7.69. The fourth-order valence-electron chi connectivity index (χ4n) is 3.39. The van der Waals surface area contributed by atoms with Gasteiger partial charge in [-0.25, -0.2) is 5.10 Å². The topological polar surface area (TPSA) is 63.8 Å². The van der Waals surface area contributed by atoms with Crippen LogP contribution in [0.15, 0.2) is 63.8 Å². The highest BCUT2D eigenvalue weighted by molar-refractivity contribution is 6.11. The average molecular weight is 315 g/mol. The smallest absolute Gasteiger partial charge is 0.274 e. The maximum Gasteiger partial charge on any atom is 0.274 e. The van der Waals surface area contributed by atoms with Gasteiger partial charge in [0.1, 0.15) is 5.58 Å². The third-order valence-corrected chi connectivity index (χ3v) is 4.49. The van der Waals surface area contributed by atoms with Gasteiger partial charge in [0.05, 0.1) is 10.9 Å². The van der Waals surface area contributed by atoms with Gasteiger partial charge in [-0.2, -0.15) is 5.10 Å². The second-order valence-electron chi connectivity index (χ2n) is 5.85. The molecule has 2 aromatic carbocycles. The molecule has 5 heteroatoms. The summed E-state index contributed by atoms with van der Waals surface area (Å²) in [4.78, 5) is 12.4. The molecule has 116 valence electrons. The molecule has 0 aliphatic carbocycles. The minimum atomic E-state index is -0.193. The van der Waals surface area contributed by atoms with Crippen molar-refractivity contribution in [2.75, 3.05) is 0 Å². The zero-order chi connectivity index (χ0) is 16.3. The number of benzene rings is 2. The van der Waals surface area contributed by atoms with Crippen LogP contribution in [0.5, 0.6) is 0 Å². The van der Waals surface area contributed by atoms with Crippen LogP contribution in [0.2, 0.25) is 0 Å².